The van der Waals surface area contributed by atoms with Crippen LogP contribution in [0, 0.1) is 0 Å². The van der Waals surface area contributed by atoms with Crippen LogP contribution in [-0.2, 0) is 17.8 Å². The zero-order chi connectivity index (χ0) is 22.2. The van der Waals surface area contributed by atoms with Crippen molar-refractivity contribution >= 4 is 0 Å². The van der Waals surface area contributed by atoms with Gasteiger partial charge in [-0.05, 0) is 42.2 Å². The second kappa shape index (κ2) is 11.3. The third kappa shape index (κ3) is 5.98. The van der Waals surface area contributed by atoms with Gasteiger partial charge in [0, 0.05) is 32.2 Å². The molecule has 0 amide bonds. The standard InChI is InChI=1S/C28H33NO3/c1-2-31-27-20-29(18-17-22-9-5-3-6-10-22)19-26(30)28(27)24-13-15-25(16-14-24)32-21-23-11-7-4-8-12-23/h3-16,26-28,30H,2,17-21H2,1H3/t26-,27+,28+/m0/s1. The van der Waals surface area contributed by atoms with E-state index in [1.54, 1.807) is 0 Å². The number of aliphatic hydroxyl groups excluding tert-OH is 1. The number of hydrogen-bond donors (Lipinski definition) is 1. The summed E-state index contributed by atoms with van der Waals surface area (Å²) in [4.78, 5) is 2.33. The van der Waals surface area contributed by atoms with Crippen molar-refractivity contribution in [3.05, 3.63) is 102 Å². The molecule has 0 radical (unpaired) electrons. The highest BCUT2D eigenvalue weighted by Crippen LogP contribution is 2.32. The second-order valence-electron chi connectivity index (χ2n) is 8.43. The van der Waals surface area contributed by atoms with Crippen LogP contribution in [0.5, 0.6) is 5.75 Å². The Morgan fingerprint density at radius 2 is 1.50 bits per heavy atom. The van der Waals surface area contributed by atoms with Gasteiger partial charge in [-0.1, -0.05) is 72.8 Å². The second-order valence-corrected chi connectivity index (χ2v) is 8.43. The molecule has 0 aromatic heterocycles. The highest BCUT2D eigenvalue weighted by Gasteiger charge is 2.37. The Morgan fingerprint density at radius 1 is 0.844 bits per heavy atom. The van der Waals surface area contributed by atoms with Crippen LogP contribution in [0.4, 0.5) is 0 Å². The van der Waals surface area contributed by atoms with Gasteiger partial charge in [0.2, 0.25) is 0 Å². The van der Waals surface area contributed by atoms with Gasteiger partial charge in [0.25, 0.3) is 0 Å². The Morgan fingerprint density at radius 3 is 2.16 bits per heavy atom. The molecule has 1 aliphatic rings. The number of rotatable bonds is 9. The van der Waals surface area contributed by atoms with Gasteiger partial charge in [-0.2, -0.15) is 0 Å². The van der Waals surface area contributed by atoms with Crippen molar-refractivity contribution in [1.29, 1.82) is 0 Å². The number of piperidine rings is 1. The van der Waals surface area contributed by atoms with E-state index in [2.05, 4.69) is 53.4 Å². The molecule has 1 N–H and O–H groups in total. The van der Waals surface area contributed by atoms with Gasteiger partial charge in [-0.3, -0.25) is 4.90 Å². The van der Waals surface area contributed by atoms with Crippen LogP contribution >= 0.6 is 0 Å². The molecule has 4 nitrogen and oxygen atoms in total. The first-order chi connectivity index (χ1) is 15.7. The highest BCUT2D eigenvalue weighted by molar-refractivity contribution is 5.32. The predicted molar refractivity (Wildman–Crippen MR) is 128 cm³/mol. The normalized spacial score (nSPS) is 21.4. The molecule has 0 spiro atoms. The Bertz CT molecular complexity index is 930. The lowest BCUT2D eigenvalue weighted by Crippen LogP contribution is -2.52. The Labute approximate surface area is 191 Å². The fourth-order valence-electron chi connectivity index (χ4n) is 4.52. The van der Waals surface area contributed by atoms with E-state index in [0.29, 0.717) is 19.8 Å². The lowest BCUT2D eigenvalue weighted by atomic mass is 9.84. The van der Waals surface area contributed by atoms with E-state index < -0.39 is 6.10 Å². The van der Waals surface area contributed by atoms with Crippen molar-refractivity contribution in [3.63, 3.8) is 0 Å². The smallest absolute Gasteiger partial charge is 0.119 e. The maximum absolute atomic E-state index is 11.1. The molecule has 3 atom stereocenters. The van der Waals surface area contributed by atoms with E-state index in [1.165, 1.54) is 5.56 Å². The lowest BCUT2D eigenvalue weighted by Gasteiger charge is -2.41. The molecule has 1 fully saturated rings. The Hall–Kier alpha value is -2.66. The van der Waals surface area contributed by atoms with Crippen molar-refractivity contribution in [1.82, 2.24) is 4.90 Å². The fraction of sp³-hybridized carbons (Fsp3) is 0.357. The largest absolute Gasteiger partial charge is 0.489 e. The summed E-state index contributed by atoms with van der Waals surface area (Å²) in [5.74, 6) is 0.798. The van der Waals surface area contributed by atoms with E-state index in [1.807, 2.05) is 43.3 Å². The van der Waals surface area contributed by atoms with Crippen LogP contribution in [0.3, 0.4) is 0 Å². The van der Waals surface area contributed by atoms with Gasteiger partial charge in [0.15, 0.2) is 0 Å². The molecule has 1 saturated heterocycles. The quantitative estimate of drug-likeness (QED) is 0.534. The zero-order valence-corrected chi connectivity index (χ0v) is 18.8. The molecular weight excluding hydrogens is 398 g/mol. The van der Waals surface area contributed by atoms with Crippen LogP contribution in [-0.4, -0.2) is 48.5 Å². The highest BCUT2D eigenvalue weighted by atomic mass is 16.5. The molecule has 3 aromatic carbocycles. The number of hydrogen-bond acceptors (Lipinski definition) is 4. The zero-order valence-electron chi connectivity index (χ0n) is 18.8. The molecular formula is C28H33NO3. The Kier molecular flexibility index (Phi) is 7.94. The third-order valence-corrected chi connectivity index (χ3v) is 6.15. The minimum Gasteiger partial charge on any atom is -0.489 e. The summed E-state index contributed by atoms with van der Waals surface area (Å²) < 4.78 is 12.0. The van der Waals surface area contributed by atoms with Gasteiger partial charge in [0.05, 0.1) is 12.2 Å². The molecule has 0 saturated carbocycles. The van der Waals surface area contributed by atoms with Crippen LogP contribution in [0.1, 0.15) is 29.5 Å². The van der Waals surface area contributed by atoms with Crippen LogP contribution in [0.25, 0.3) is 0 Å². The minimum atomic E-state index is -0.466. The summed E-state index contributed by atoms with van der Waals surface area (Å²) in [5, 5.41) is 11.1. The number of ether oxygens (including phenoxy) is 2. The first kappa shape index (κ1) is 22.5. The van der Waals surface area contributed by atoms with Gasteiger partial charge >= 0.3 is 0 Å². The maximum Gasteiger partial charge on any atom is 0.119 e. The van der Waals surface area contributed by atoms with Crippen molar-refractivity contribution in [2.75, 3.05) is 26.2 Å². The van der Waals surface area contributed by atoms with Crippen LogP contribution in [0.2, 0.25) is 0 Å². The monoisotopic (exact) mass is 431 g/mol. The SMILES string of the molecule is CCO[C@@H]1CN(CCc2ccccc2)C[C@H](O)[C@H]1c1ccc(OCc2ccccc2)cc1. The van der Waals surface area contributed by atoms with Crippen molar-refractivity contribution in [2.24, 2.45) is 0 Å². The van der Waals surface area contributed by atoms with Gasteiger partial charge in [-0.25, -0.2) is 0 Å². The molecule has 1 heterocycles. The average molecular weight is 432 g/mol. The molecule has 4 heteroatoms. The fourth-order valence-corrected chi connectivity index (χ4v) is 4.52. The average Bonchev–Trinajstić information content (AvgIpc) is 2.83. The van der Waals surface area contributed by atoms with Crippen molar-refractivity contribution < 1.29 is 14.6 Å². The topological polar surface area (TPSA) is 41.9 Å². The molecule has 0 aliphatic carbocycles. The van der Waals surface area contributed by atoms with E-state index in [9.17, 15) is 5.11 Å². The van der Waals surface area contributed by atoms with Crippen LogP contribution < -0.4 is 4.74 Å². The summed E-state index contributed by atoms with van der Waals surface area (Å²) in [6, 6.07) is 28.8. The van der Waals surface area contributed by atoms with Gasteiger partial charge in [-0.15, -0.1) is 0 Å². The molecule has 0 unspecified atom stereocenters. The molecule has 3 aromatic rings. The van der Waals surface area contributed by atoms with Crippen molar-refractivity contribution in [3.8, 4) is 5.75 Å². The van der Waals surface area contributed by atoms with Crippen LogP contribution in [0.15, 0.2) is 84.9 Å². The molecule has 168 valence electrons. The van der Waals surface area contributed by atoms with Gasteiger partial charge in [0.1, 0.15) is 12.4 Å². The van der Waals surface area contributed by atoms with E-state index in [4.69, 9.17) is 9.47 Å². The summed E-state index contributed by atoms with van der Waals surface area (Å²) in [7, 11) is 0. The van der Waals surface area contributed by atoms with E-state index >= 15 is 0 Å². The summed E-state index contributed by atoms with van der Waals surface area (Å²) in [6.45, 7) is 5.61. The minimum absolute atomic E-state index is 0.0318. The van der Waals surface area contributed by atoms with E-state index in [0.717, 1.165) is 36.4 Å². The summed E-state index contributed by atoms with van der Waals surface area (Å²) in [5.41, 5.74) is 3.57. The number of nitrogens with zero attached hydrogens (tertiary/aromatic N) is 1. The maximum atomic E-state index is 11.1. The summed E-state index contributed by atoms with van der Waals surface area (Å²) >= 11 is 0. The van der Waals surface area contributed by atoms with E-state index in [-0.39, 0.29) is 12.0 Å². The Balaban J connectivity index is 1.38. The summed E-state index contributed by atoms with van der Waals surface area (Å²) in [6.07, 6.45) is 0.479. The third-order valence-electron chi connectivity index (χ3n) is 6.15. The van der Waals surface area contributed by atoms with Gasteiger partial charge < -0.3 is 14.6 Å². The number of aliphatic hydroxyl groups is 1. The number of benzene rings is 3. The molecule has 4 rings (SSSR count). The molecule has 32 heavy (non-hydrogen) atoms. The first-order valence-electron chi connectivity index (χ1n) is 11.6. The predicted octanol–water partition coefficient (Wildman–Crippen LogP) is 4.67. The number of β-amino-alcohol motifs (C(OH)–C–C–N with tert-alkyl or cyclic N) is 1. The first-order valence-corrected chi connectivity index (χ1v) is 11.6. The number of likely N-dealkylation sites (tertiary alicyclic amines) is 1. The molecule has 1 aliphatic heterocycles. The lowest BCUT2D eigenvalue weighted by molar-refractivity contribution is -0.0623. The van der Waals surface area contributed by atoms with Crippen molar-refractivity contribution in [2.45, 2.75) is 38.1 Å². The molecule has 0 bridgehead atoms.